The molecule has 4 heteroatoms. The number of nitrogens with two attached hydrogens (primary N) is 1. The Hall–Kier alpha value is -0.970. The van der Waals surface area contributed by atoms with Crippen LogP contribution in [0.15, 0.2) is 24.3 Å². The summed E-state index contributed by atoms with van der Waals surface area (Å²) in [7, 11) is 2.15. The van der Waals surface area contributed by atoms with Gasteiger partial charge in [-0.05, 0) is 50.9 Å². The number of hydrogen-bond acceptors (Lipinski definition) is 3. The summed E-state index contributed by atoms with van der Waals surface area (Å²) in [6.07, 6.45) is 2.93. The molecule has 1 heterocycles. The van der Waals surface area contributed by atoms with E-state index in [-0.39, 0.29) is 11.4 Å². The highest BCUT2D eigenvalue weighted by Crippen LogP contribution is 2.25. The molecule has 1 saturated heterocycles. The van der Waals surface area contributed by atoms with E-state index in [1.54, 1.807) is 0 Å². The molecular weight excluding hydrogens is 255 g/mol. The molecule has 0 bridgehead atoms. The van der Waals surface area contributed by atoms with Crippen LogP contribution in [0.25, 0.3) is 0 Å². The summed E-state index contributed by atoms with van der Waals surface area (Å²) in [6.45, 7) is 4.42. The lowest BCUT2D eigenvalue weighted by atomic mass is 9.88. The first-order valence-electron chi connectivity index (χ1n) is 7.30. The van der Waals surface area contributed by atoms with Gasteiger partial charge in [0.05, 0.1) is 0 Å². The molecule has 1 aliphatic rings. The van der Waals surface area contributed by atoms with Crippen LogP contribution in [-0.4, -0.2) is 43.3 Å². The summed E-state index contributed by atoms with van der Waals surface area (Å²) in [4.78, 5) is 2.39. The number of likely N-dealkylation sites (N-methyl/N-ethyl adjacent to an activating group) is 1. The monoisotopic (exact) mass is 280 g/mol. The van der Waals surface area contributed by atoms with Crippen molar-refractivity contribution in [2.75, 3.05) is 26.8 Å². The van der Waals surface area contributed by atoms with E-state index in [9.17, 15) is 4.39 Å². The third kappa shape index (κ3) is 3.57. The van der Waals surface area contributed by atoms with Crippen LogP contribution in [0, 0.1) is 5.82 Å². The van der Waals surface area contributed by atoms with Crippen LogP contribution >= 0.6 is 0 Å². The molecule has 2 rings (SSSR count). The number of hydrogen-bond donors (Lipinski definition) is 1. The van der Waals surface area contributed by atoms with Crippen molar-refractivity contribution in [1.82, 2.24) is 4.90 Å². The van der Waals surface area contributed by atoms with Crippen molar-refractivity contribution in [2.45, 2.75) is 37.8 Å². The molecule has 0 aromatic heterocycles. The topological polar surface area (TPSA) is 38.5 Å². The number of benzene rings is 1. The molecule has 112 valence electrons. The average Bonchev–Trinajstić information content (AvgIpc) is 2.49. The van der Waals surface area contributed by atoms with Gasteiger partial charge in [-0.3, -0.25) is 4.90 Å². The van der Waals surface area contributed by atoms with Gasteiger partial charge in [0, 0.05) is 31.3 Å². The zero-order chi connectivity index (χ0) is 14.6. The summed E-state index contributed by atoms with van der Waals surface area (Å²) < 4.78 is 18.4. The highest BCUT2D eigenvalue weighted by molar-refractivity contribution is 5.19. The van der Waals surface area contributed by atoms with Crippen molar-refractivity contribution in [3.63, 3.8) is 0 Å². The van der Waals surface area contributed by atoms with Gasteiger partial charge in [0.25, 0.3) is 0 Å². The van der Waals surface area contributed by atoms with Gasteiger partial charge in [-0.2, -0.15) is 0 Å². The number of rotatable bonds is 5. The molecule has 1 unspecified atom stereocenters. The normalized spacial score (nSPS) is 20.1. The first-order chi connectivity index (χ1) is 9.55. The van der Waals surface area contributed by atoms with Gasteiger partial charge < -0.3 is 10.5 Å². The Morgan fingerprint density at radius 1 is 1.30 bits per heavy atom. The van der Waals surface area contributed by atoms with E-state index in [0.717, 1.165) is 38.0 Å². The summed E-state index contributed by atoms with van der Waals surface area (Å²) in [5.74, 6) is -0.194. The van der Waals surface area contributed by atoms with E-state index in [4.69, 9.17) is 10.5 Å². The van der Waals surface area contributed by atoms with Crippen LogP contribution in [0.5, 0.6) is 0 Å². The van der Waals surface area contributed by atoms with Gasteiger partial charge in [-0.1, -0.05) is 12.1 Å². The first-order valence-corrected chi connectivity index (χ1v) is 7.30. The van der Waals surface area contributed by atoms with Crippen molar-refractivity contribution in [3.8, 4) is 0 Å². The molecule has 1 atom stereocenters. The van der Waals surface area contributed by atoms with Crippen molar-refractivity contribution in [2.24, 2.45) is 5.73 Å². The second kappa shape index (κ2) is 6.66. The fourth-order valence-corrected chi connectivity index (χ4v) is 2.90. The highest BCUT2D eigenvalue weighted by Gasteiger charge is 2.33. The van der Waals surface area contributed by atoms with Gasteiger partial charge in [-0.25, -0.2) is 4.39 Å². The zero-order valence-corrected chi connectivity index (χ0v) is 12.4. The molecule has 1 aromatic carbocycles. The maximum absolute atomic E-state index is 13.0. The first kappa shape index (κ1) is 15.4. The molecule has 20 heavy (non-hydrogen) atoms. The summed E-state index contributed by atoms with van der Waals surface area (Å²) >= 11 is 0. The lowest BCUT2D eigenvalue weighted by Gasteiger charge is -2.44. The van der Waals surface area contributed by atoms with Crippen LogP contribution in [0.2, 0.25) is 0 Å². The molecule has 3 nitrogen and oxygen atoms in total. The number of ether oxygens (including phenoxy) is 1. The Bertz CT molecular complexity index is 417. The third-order valence-corrected chi connectivity index (χ3v) is 4.53. The Balaban J connectivity index is 2.08. The molecule has 1 fully saturated rings. The lowest BCUT2D eigenvalue weighted by Crippen LogP contribution is -2.56. The predicted octanol–water partition coefficient (Wildman–Crippen LogP) is 2.20. The predicted molar refractivity (Wildman–Crippen MR) is 79.2 cm³/mol. The zero-order valence-electron chi connectivity index (χ0n) is 12.4. The Morgan fingerprint density at radius 2 is 1.90 bits per heavy atom. The molecule has 0 radical (unpaired) electrons. The molecular formula is C16H25FN2O. The summed E-state index contributed by atoms with van der Waals surface area (Å²) in [6, 6.07) is 7.24. The van der Waals surface area contributed by atoms with Gasteiger partial charge in [0.2, 0.25) is 0 Å². The standard InChI is InChI=1S/C16H25FN2O/c1-16(12-18,11-13-3-5-14(17)6-4-13)19(2)15-7-9-20-10-8-15/h3-6,15H,7-12,18H2,1-2H3. The number of nitrogens with zero attached hydrogens (tertiary/aromatic N) is 1. The summed E-state index contributed by atoms with van der Waals surface area (Å²) in [5, 5.41) is 0. The van der Waals surface area contributed by atoms with E-state index < -0.39 is 0 Å². The van der Waals surface area contributed by atoms with Gasteiger partial charge >= 0.3 is 0 Å². The minimum atomic E-state index is -0.194. The molecule has 0 spiro atoms. The molecule has 1 aliphatic heterocycles. The largest absolute Gasteiger partial charge is 0.381 e. The smallest absolute Gasteiger partial charge is 0.123 e. The molecule has 1 aromatic rings. The molecule has 0 aliphatic carbocycles. The van der Waals surface area contributed by atoms with Crippen LogP contribution in [0.1, 0.15) is 25.3 Å². The van der Waals surface area contributed by atoms with Crippen LogP contribution in [0.4, 0.5) is 4.39 Å². The Morgan fingerprint density at radius 3 is 2.45 bits per heavy atom. The van der Waals surface area contributed by atoms with E-state index >= 15 is 0 Å². The van der Waals surface area contributed by atoms with Crippen molar-refractivity contribution in [3.05, 3.63) is 35.6 Å². The Labute approximate surface area is 120 Å². The van der Waals surface area contributed by atoms with E-state index in [1.165, 1.54) is 12.1 Å². The summed E-state index contributed by atoms with van der Waals surface area (Å²) in [5.41, 5.74) is 7.06. The van der Waals surface area contributed by atoms with Crippen molar-refractivity contribution in [1.29, 1.82) is 0 Å². The van der Waals surface area contributed by atoms with E-state index in [0.29, 0.717) is 12.6 Å². The van der Waals surface area contributed by atoms with Crippen LogP contribution in [-0.2, 0) is 11.2 Å². The average molecular weight is 280 g/mol. The molecule has 0 amide bonds. The van der Waals surface area contributed by atoms with Crippen LogP contribution in [0.3, 0.4) is 0 Å². The van der Waals surface area contributed by atoms with Gasteiger partial charge in [0.15, 0.2) is 0 Å². The fraction of sp³-hybridized carbons (Fsp3) is 0.625. The molecule has 2 N–H and O–H groups in total. The van der Waals surface area contributed by atoms with E-state index in [2.05, 4.69) is 18.9 Å². The van der Waals surface area contributed by atoms with Gasteiger partial charge in [0.1, 0.15) is 5.82 Å². The SMILES string of the molecule is CN(C1CCOCC1)C(C)(CN)Cc1ccc(F)cc1. The fourth-order valence-electron chi connectivity index (χ4n) is 2.90. The second-order valence-electron chi connectivity index (χ2n) is 5.96. The quantitative estimate of drug-likeness (QED) is 0.898. The van der Waals surface area contributed by atoms with Crippen molar-refractivity contribution >= 4 is 0 Å². The minimum Gasteiger partial charge on any atom is -0.381 e. The maximum Gasteiger partial charge on any atom is 0.123 e. The highest BCUT2D eigenvalue weighted by atomic mass is 19.1. The van der Waals surface area contributed by atoms with Crippen LogP contribution < -0.4 is 5.73 Å². The minimum absolute atomic E-state index is 0.111. The second-order valence-corrected chi connectivity index (χ2v) is 5.96. The van der Waals surface area contributed by atoms with Crippen molar-refractivity contribution < 1.29 is 9.13 Å². The Kier molecular flexibility index (Phi) is 5.13. The van der Waals surface area contributed by atoms with Gasteiger partial charge in [-0.15, -0.1) is 0 Å². The molecule has 0 saturated carbocycles. The maximum atomic E-state index is 13.0. The lowest BCUT2D eigenvalue weighted by molar-refractivity contribution is 0.00401. The third-order valence-electron chi connectivity index (χ3n) is 4.53. The number of halogens is 1. The van der Waals surface area contributed by atoms with E-state index in [1.807, 2.05) is 12.1 Å².